The molecule has 0 saturated carbocycles. The first-order valence-electron chi connectivity index (χ1n) is 10.3. The molecule has 2 aromatic carbocycles. The summed E-state index contributed by atoms with van der Waals surface area (Å²) in [6, 6.07) is 17.6. The summed E-state index contributed by atoms with van der Waals surface area (Å²) < 4.78 is 18.6. The lowest BCUT2D eigenvalue weighted by atomic mass is 10.2. The average molecular weight is 420 g/mol. The van der Waals surface area contributed by atoms with Crippen LogP contribution >= 0.6 is 0 Å². The second-order valence-electron chi connectivity index (χ2n) is 7.33. The first-order valence-corrected chi connectivity index (χ1v) is 10.3. The minimum Gasteiger partial charge on any atom is -0.495 e. The maximum atomic E-state index is 13.4. The van der Waals surface area contributed by atoms with E-state index in [2.05, 4.69) is 15.2 Å². The lowest BCUT2D eigenvalue weighted by molar-refractivity contribution is 0.0767. The van der Waals surface area contributed by atoms with Gasteiger partial charge in [-0.1, -0.05) is 12.1 Å². The Kier molecular flexibility index (Phi) is 6.31. The Hall–Kier alpha value is -3.61. The zero-order valence-corrected chi connectivity index (χ0v) is 17.4. The number of pyridine rings is 1. The molecule has 4 rings (SSSR count). The molecule has 3 aromatic rings. The van der Waals surface area contributed by atoms with Crippen molar-refractivity contribution < 1.29 is 13.9 Å². The molecule has 0 spiro atoms. The number of hydrogen-bond acceptors (Lipinski definition) is 5. The van der Waals surface area contributed by atoms with E-state index in [1.54, 1.807) is 37.6 Å². The molecule has 31 heavy (non-hydrogen) atoms. The van der Waals surface area contributed by atoms with E-state index in [4.69, 9.17) is 4.74 Å². The highest BCUT2D eigenvalue weighted by molar-refractivity contribution is 5.99. The van der Waals surface area contributed by atoms with E-state index in [9.17, 15) is 9.18 Å². The molecule has 0 aliphatic carbocycles. The Labute approximate surface area is 181 Å². The van der Waals surface area contributed by atoms with Gasteiger partial charge in [0.2, 0.25) is 0 Å². The Morgan fingerprint density at radius 1 is 1.00 bits per heavy atom. The molecule has 0 radical (unpaired) electrons. The monoisotopic (exact) mass is 420 g/mol. The molecule has 1 aromatic heterocycles. The zero-order chi connectivity index (χ0) is 21.6. The number of carbonyl (C=O) groups excluding carboxylic acids is 1. The van der Waals surface area contributed by atoms with E-state index in [0.29, 0.717) is 36.8 Å². The van der Waals surface area contributed by atoms with Gasteiger partial charge in [0.15, 0.2) is 0 Å². The second-order valence-corrected chi connectivity index (χ2v) is 7.33. The molecule has 1 N–H and O–H groups in total. The van der Waals surface area contributed by atoms with Crippen LogP contribution < -0.4 is 15.0 Å². The van der Waals surface area contributed by atoms with Crippen molar-refractivity contribution in [2.24, 2.45) is 0 Å². The molecule has 1 aliphatic rings. The van der Waals surface area contributed by atoms with Gasteiger partial charge in [0.05, 0.1) is 18.4 Å². The van der Waals surface area contributed by atoms with Gasteiger partial charge in [-0.05, 0) is 55.0 Å². The standard InChI is InChI=1S/C24H25FN4O2/c1-31-22-8-3-2-7-21(22)27-23-20(6-4-13-26-23)24(30)29-15-5-14-28(16-17-29)19-11-9-18(25)10-12-19/h2-4,6-13H,5,14-17H2,1H3,(H,26,27). The molecule has 7 heteroatoms. The molecular formula is C24H25FN4O2. The van der Waals surface area contributed by atoms with E-state index in [1.165, 1.54) is 12.1 Å². The minimum atomic E-state index is -0.248. The summed E-state index contributed by atoms with van der Waals surface area (Å²) in [5.41, 5.74) is 2.23. The van der Waals surface area contributed by atoms with E-state index in [-0.39, 0.29) is 11.7 Å². The van der Waals surface area contributed by atoms with Crippen molar-refractivity contribution in [3.63, 3.8) is 0 Å². The first kappa shape index (κ1) is 20.7. The largest absolute Gasteiger partial charge is 0.495 e. The summed E-state index contributed by atoms with van der Waals surface area (Å²) >= 11 is 0. The van der Waals surface area contributed by atoms with Crippen LogP contribution in [0.5, 0.6) is 5.75 Å². The van der Waals surface area contributed by atoms with Crippen molar-refractivity contribution in [2.45, 2.75) is 6.42 Å². The number of rotatable bonds is 5. The topological polar surface area (TPSA) is 57.7 Å². The van der Waals surface area contributed by atoms with Gasteiger partial charge in [0.1, 0.15) is 17.4 Å². The molecule has 1 amide bonds. The quantitative estimate of drug-likeness (QED) is 0.666. The van der Waals surface area contributed by atoms with Gasteiger partial charge in [-0.15, -0.1) is 0 Å². The van der Waals surface area contributed by atoms with Crippen LogP contribution in [0.2, 0.25) is 0 Å². The highest BCUT2D eigenvalue weighted by Crippen LogP contribution is 2.28. The van der Waals surface area contributed by atoms with Crippen LogP contribution in [0.1, 0.15) is 16.8 Å². The number of hydrogen-bond donors (Lipinski definition) is 1. The summed E-state index contributed by atoms with van der Waals surface area (Å²) in [6.45, 7) is 2.74. The van der Waals surface area contributed by atoms with Crippen molar-refractivity contribution >= 4 is 23.1 Å². The number of methoxy groups -OCH3 is 1. The molecule has 0 unspecified atom stereocenters. The van der Waals surface area contributed by atoms with E-state index in [0.717, 1.165) is 24.3 Å². The zero-order valence-electron chi connectivity index (χ0n) is 17.4. The fourth-order valence-corrected chi connectivity index (χ4v) is 3.75. The predicted octanol–water partition coefficient (Wildman–Crippen LogP) is 4.33. The number of para-hydroxylation sites is 2. The second kappa shape index (κ2) is 9.47. The predicted molar refractivity (Wildman–Crippen MR) is 120 cm³/mol. The van der Waals surface area contributed by atoms with Crippen LogP contribution in [0.15, 0.2) is 66.9 Å². The number of ether oxygens (including phenoxy) is 1. The summed E-state index contributed by atoms with van der Waals surface area (Å²) in [6.07, 6.45) is 2.49. The van der Waals surface area contributed by atoms with Gasteiger partial charge in [0, 0.05) is 38.1 Å². The van der Waals surface area contributed by atoms with Crippen LogP contribution in [0.4, 0.5) is 21.6 Å². The summed E-state index contributed by atoms with van der Waals surface area (Å²) in [5, 5.41) is 3.24. The fraction of sp³-hybridized carbons (Fsp3) is 0.250. The first-order chi connectivity index (χ1) is 15.2. The summed E-state index contributed by atoms with van der Waals surface area (Å²) in [5.74, 6) is 0.862. The molecule has 160 valence electrons. The fourth-order valence-electron chi connectivity index (χ4n) is 3.75. The molecule has 1 fully saturated rings. The SMILES string of the molecule is COc1ccccc1Nc1ncccc1C(=O)N1CCCN(c2ccc(F)cc2)CC1. The van der Waals surface area contributed by atoms with Crippen LogP contribution in [0.3, 0.4) is 0 Å². The summed E-state index contributed by atoms with van der Waals surface area (Å²) in [4.78, 5) is 21.8. The van der Waals surface area contributed by atoms with Crippen LogP contribution in [0.25, 0.3) is 0 Å². The number of aromatic nitrogens is 1. The Balaban J connectivity index is 1.50. The third kappa shape index (κ3) is 4.77. The maximum absolute atomic E-state index is 13.4. The van der Waals surface area contributed by atoms with Crippen molar-refractivity contribution in [3.05, 3.63) is 78.2 Å². The van der Waals surface area contributed by atoms with E-state index >= 15 is 0 Å². The molecule has 2 heterocycles. The highest BCUT2D eigenvalue weighted by atomic mass is 19.1. The van der Waals surface area contributed by atoms with Crippen LogP contribution in [-0.4, -0.2) is 49.1 Å². The lowest BCUT2D eigenvalue weighted by Gasteiger charge is -2.24. The maximum Gasteiger partial charge on any atom is 0.257 e. The Bertz CT molecular complexity index is 1040. The number of benzene rings is 2. The van der Waals surface area contributed by atoms with E-state index < -0.39 is 0 Å². The third-order valence-corrected chi connectivity index (χ3v) is 5.37. The Morgan fingerprint density at radius 2 is 1.81 bits per heavy atom. The van der Waals surface area contributed by atoms with Gasteiger partial charge in [-0.3, -0.25) is 4.79 Å². The van der Waals surface area contributed by atoms with Gasteiger partial charge < -0.3 is 19.9 Å². The lowest BCUT2D eigenvalue weighted by Crippen LogP contribution is -2.35. The number of amides is 1. The van der Waals surface area contributed by atoms with E-state index in [1.807, 2.05) is 29.2 Å². The van der Waals surface area contributed by atoms with Gasteiger partial charge in [0.25, 0.3) is 5.91 Å². The van der Waals surface area contributed by atoms with Crippen molar-refractivity contribution in [1.29, 1.82) is 0 Å². The normalized spacial score (nSPS) is 14.1. The smallest absolute Gasteiger partial charge is 0.257 e. The molecule has 0 atom stereocenters. The number of nitrogens with one attached hydrogen (secondary N) is 1. The molecule has 6 nitrogen and oxygen atoms in total. The molecule has 1 saturated heterocycles. The minimum absolute atomic E-state index is 0.0635. The molecular weight excluding hydrogens is 395 g/mol. The van der Waals surface area contributed by atoms with Gasteiger partial charge in [-0.25, -0.2) is 9.37 Å². The third-order valence-electron chi connectivity index (χ3n) is 5.37. The van der Waals surface area contributed by atoms with Crippen LogP contribution in [0, 0.1) is 5.82 Å². The van der Waals surface area contributed by atoms with Crippen LogP contribution in [-0.2, 0) is 0 Å². The van der Waals surface area contributed by atoms with Crippen molar-refractivity contribution in [3.8, 4) is 5.75 Å². The Morgan fingerprint density at radius 3 is 2.61 bits per heavy atom. The van der Waals surface area contributed by atoms with Gasteiger partial charge in [-0.2, -0.15) is 0 Å². The highest BCUT2D eigenvalue weighted by Gasteiger charge is 2.23. The number of halogens is 1. The molecule has 0 bridgehead atoms. The number of nitrogens with zero attached hydrogens (tertiary/aromatic N) is 3. The number of anilines is 3. The summed E-state index contributed by atoms with van der Waals surface area (Å²) in [7, 11) is 1.61. The average Bonchev–Trinajstić information content (AvgIpc) is 3.06. The van der Waals surface area contributed by atoms with Crippen molar-refractivity contribution in [1.82, 2.24) is 9.88 Å². The molecule has 1 aliphatic heterocycles. The number of carbonyl (C=O) groups is 1. The van der Waals surface area contributed by atoms with Gasteiger partial charge >= 0.3 is 0 Å². The van der Waals surface area contributed by atoms with Crippen molar-refractivity contribution in [2.75, 3.05) is 43.5 Å².